The fraction of sp³-hybridized carbons (Fsp3) is 0.421. The van der Waals surface area contributed by atoms with Gasteiger partial charge in [-0.1, -0.05) is 45.0 Å². The number of nitrogens with zero attached hydrogens (tertiary/aromatic N) is 2. The second kappa shape index (κ2) is 5.72. The second-order valence-electron chi connectivity index (χ2n) is 7.59. The van der Waals surface area contributed by atoms with E-state index in [-0.39, 0.29) is 17.2 Å². The fourth-order valence-corrected chi connectivity index (χ4v) is 3.69. The first-order valence-electron chi connectivity index (χ1n) is 8.68. The van der Waals surface area contributed by atoms with E-state index in [1.807, 2.05) is 0 Å². The van der Waals surface area contributed by atoms with Crippen molar-refractivity contribution in [2.24, 2.45) is 5.41 Å². The number of rotatable bonds is 2. The molecule has 130 valence electrons. The van der Waals surface area contributed by atoms with E-state index >= 15 is 0 Å². The Balaban J connectivity index is 1.83. The van der Waals surface area contributed by atoms with E-state index < -0.39 is 0 Å². The Morgan fingerprint density at radius 1 is 1.16 bits per heavy atom. The zero-order valence-corrected chi connectivity index (χ0v) is 14.7. The molecule has 0 fully saturated rings. The molecule has 1 atom stereocenters. The van der Waals surface area contributed by atoms with Crippen LogP contribution >= 0.6 is 0 Å². The van der Waals surface area contributed by atoms with Crippen LogP contribution in [0.2, 0.25) is 0 Å². The van der Waals surface area contributed by atoms with Crippen LogP contribution in [-0.4, -0.2) is 16.1 Å². The summed E-state index contributed by atoms with van der Waals surface area (Å²) in [5.41, 5.74) is 3.91. The summed E-state index contributed by atoms with van der Waals surface area (Å²) in [5, 5.41) is 14.5. The molecule has 4 rings (SSSR count). The number of nitrogens with one attached hydrogen (secondary N) is 2. The van der Waals surface area contributed by atoms with Crippen molar-refractivity contribution in [2.45, 2.75) is 46.1 Å². The van der Waals surface area contributed by atoms with Crippen LogP contribution in [0.25, 0.3) is 0 Å². The fourth-order valence-electron chi connectivity index (χ4n) is 3.69. The van der Waals surface area contributed by atoms with Gasteiger partial charge in [-0.3, -0.25) is 4.79 Å². The lowest BCUT2D eigenvalue weighted by molar-refractivity contribution is -0.118. The third-order valence-electron chi connectivity index (χ3n) is 4.97. The number of aromatic nitrogens is 2. The van der Waals surface area contributed by atoms with Gasteiger partial charge >= 0.3 is 0 Å². The highest BCUT2D eigenvalue weighted by molar-refractivity contribution is 6.00. The van der Waals surface area contributed by atoms with Gasteiger partial charge in [0, 0.05) is 17.7 Å². The van der Waals surface area contributed by atoms with Crippen molar-refractivity contribution < 1.29 is 9.42 Å². The Morgan fingerprint density at radius 2 is 1.88 bits per heavy atom. The molecule has 2 heterocycles. The van der Waals surface area contributed by atoms with Gasteiger partial charge in [0.15, 0.2) is 5.78 Å². The van der Waals surface area contributed by atoms with Crippen molar-refractivity contribution in [1.29, 1.82) is 0 Å². The Kier molecular flexibility index (Phi) is 3.63. The quantitative estimate of drug-likeness (QED) is 0.866. The number of Topliss-reactive ketones (excluding diaryl/α,β-unsaturated/α-hetero) is 1. The largest absolute Gasteiger partial charge is 0.353 e. The molecule has 0 amide bonds. The molecule has 0 bridgehead atoms. The molecule has 1 aromatic carbocycles. The molecule has 0 radical (unpaired) electrons. The monoisotopic (exact) mass is 338 g/mol. The summed E-state index contributed by atoms with van der Waals surface area (Å²) in [6.45, 7) is 6.35. The number of benzene rings is 1. The number of hydrogen-bond donors (Lipinski definition) is 2. The number of ketones is 1. The van der Waals surface area contributed by atoms with Crippen LogP contribution in [0.5, 0.6) is 0 Å². The van der Waals surface area contributed by atoms with E-state index in [9.17, 15) is 4.79 Å². The van der Waals surface area contributed by atoms with Gasteiger partial charge in [0.25, 0.3) is 0 Å². The first-order valence-corrected chi connectivity index (χ1v) is 8.68. The van der Waals surface area contributed by atoms with Crippen LogP contribution in [0.3, 0.4) is 0 Å². The summed E-state index contributed by atoms with van der Waals surface area (Å²) in [7, 11) is 0. The summed E-state index contributed by atoms with van der Waals surface area (Å²) >= 11 is 0. The Bertz CT molecular complexity index is 849. The molecule has 0 saturated heterocycles. The molecule has 2 N–H and O–H groups in total. The number of fused-ring (bicyclic) bond motifs is 1. The topological polar surface area (TPSA) is 80.1 Å². The summed E-state index contributed by atoms with van der Waals surface area (Å²) < 4.78 is 4.87. The van der Waals surface area contributed by atoms with Crippen LogP contribution in [0.4, 0.5) is 11.6 Å². The van der Waals surface area contributed by atoms with Crippen molar-refractivity contribution >= 4 is 17.4 Å². The SMILES string of the molecule is CCc1ccc(C2Nc3nonc3NC3=C2C(=O)CC(C)(C)C3)cc1. The number of carbonyl (C=O) groups excluding carboxylic acids is 1. The lowest BCUT2D eigenvalue weighted by atomic mass is 9.73. The predicted molar refractivity (Wildman–Crippen MR) is 95.2 cm³/mol. The average Bonchev–Trinajstić information content (AvgIpc) is 2.93. The molecular formula is C19H22N4O2. The van der Waals surface area contributed by atoms with Crippen LogP contribution in [0.1, 0.15) is 50.8 Å². The average molecular weight is 338 g/mol. The Morgan fingerprint density at radius 3 is 2.60 bits per heavy atom. The molecule has 6 nitrogen and oxygen atoms in total. The van der Waals surface area contributed by atoms with Gasteiger partial charge in [-0.05, 0) is 39.7 Å². The molecule has 0 saturated carbocycles. The Hall–Kier alpha value is -2.63. The molecule has 0 spiro atoms. The molecule has 2 aliphatic rings. The maximum Gasteiger partial charge on any atom is 0.219 e. The summed E-state index contributed by atoms with van der Waals surface area (Å²) in [6.07, 6.45) is 2.30. The van der Waals surface area contributed by atoms with Crippen molar-refractivity contribution in [3.63, 3.8) is 0 Å². The minimum Gasteiger partial charge on any atom is -0.353 e. The summed E-state index contributed by atoms with van der Waals surface area (Å²) in [5.74, 6) is 1.23. The molecule has 1 aliphatic carbocycles. The minimum atomic E-state index is -0.259. The molecule has 1 aromatic heterocycles. The third-order valence-corrected chi connectivity index (χ3v) is 4.97. The Labute approximate surface area is 146 Å². The number of carbonyl (C=O) groups is 1. The van der Waals surface area contributed by atoms with Crippen LogP contribution in [0.15, 0.2) is 40.2 Å². The first-order chi connectivity index (χ1) is 12.0. The van der Waals surface area contributed by atoms with Gasteiger partial charge in [-0.15, -0.1) is 0 Å². The van der Waals surface area contributed by atoms with Gasteiger partial charge in [-0.25, -0.2) is 4.63 Å². The molecule has 2 aromatic rings. The highest BCUT2D eigenvalue weighted by atomic mass is 16.6. The van der Waals surface area contributed by atoms with E-state index in [0.29, 0.717) is 18.1 Å². The van der Waals surface area contributed by atoms with Gasteiger partial charge < -0.3 is 10.6 Å². The molecular weight excluding hydrogens is 316 g/mol. The predicted octanol–water partition coefficient (Wildman–Crippen LogP) is 3.85. The summed E-state index contributed by atoms with van der Waals surface area (Å²) in [6, 6.07) is 8.10. The highest BCUT2D eigenvalue weighted by Crippen LogP contribution is 2.44. The second-order valence-corrected chi connectivity index (χ2v) is 7.59. The maximum atomic E-state index is 13.0. The van der Waals surface area contributed by atoms with Gasteiger partial charge in [0.05, 0.1) is 6.04 Å². The molecule has 1 unspecified atom stereocenters. The molecule has 25 heavy (non-hydrogen) atoms. The normalized spacial score (nSPS) is 21.7. The zero-order chi connectivity index (χ0) is 17.6. The standard InChI is InChI=1S/C19H22N4O2/c1-4-11-5-7-12(8-6-11)16-15-13(9-19(2,3)10-14(15)24)20-17-18(21-16)23-25-22-17/h5-8,16H,4,9-10H2,1-3H3,(H,20,22)(H,21,23). The highest BCUT2D eigenvalue weighted by Gasteiger charge is 2.39. The van der Waals surface area contributed by atoms with Crippen molar-refractivity contribution in [2.75, 3.05) is 10.6 Å². The van der Waals surface area contributed by atoms with E-state index in [1.165, 1.54) is 5.56 Å². The van der Waals surface area contributed by atoms with Crippen molar-refractivity contribution in [3.8, 4) is 0 Å². The van der Waals surface area contributed by atoms with Gasteiger partial charge in [0.1, 0.15) is 0 Å². The van der Waals surface area contributed by atoms with E-state index in [2.05, 4.69) is 66.0 Å². The molecule has 1 aliphatic heterocycles. The van der Waals surface area contributed by atoms with E-state index in [1.54, 1.807) is 0 Å². The smallest absolute Gasteiger partial charge is 0.219 e. The number of aryl methyl sites for hydroxylation is 1. The number of allylic oxidation sites excluding steroid dienone is 1. The number of hydrogen-bond acceptors (Lipinski definition) is 6. The van der Waals surface area contributed by atoms with Gasteiger partial charge in [0.2, 0.25) is 11.6 Å². The van der Waals surface area contributed by atoms with Crippen LogP contribution in [-0.2, 0) is 11.2 Å². The zero-order valence-electron chi connectivity index (χ0n) is 14.7. The first kappa shape index (κ1) is 15.9. The number of anilines is 2. The lowest BCUT2D eigenvalue weighted by Gasteiger charge is -2.34. The van der Waals surface area contributed by atoms with E-state index in [0.717, 1.165) is 29.7 Å². The van der Waals surface area contributed by atoms with Crippen LogP contribution in [0, 0.1) is 5.41 Å². The van der Waals surface area contributed by atoms with Crippen molar-refractivity contribution in [3.05, 3.63) is 46.7 Å². The third kappa shape index (κ3) is 2.81. The van der Waals surface area contributed by atoms with Crippen LogP contribution < -0.4 is 10.6 Å². The maximum absolute atomic E-state index is 13.0. The summed E-state index contributed by atoms with van der Waals surface area (Å²) in [4.78, 5) is 13.0. The molecule has 6 heteroatoms. The van der Waals surface area contributed by atoms with Crippen molar-refractivity contribution in [1.82, 2.24) is 10.3 Å². The van der Waals surface area contributed by atoms with Gasteiger partial charge in [-0.2, -0.15) is 0 Å². The lowest BCUT2D eigenvalue weighted by Crippen LogP contribution is -2.31. The minimum absolute atomic E-state index is 0.0821. The van der Waals surface area contributed by atoms with E-state index in [4.69, 9.17) is 4.63 Å².